The van der Waals surface area contributed by atoms with Crippen molar-refractivity contribution in [3.63, 3.8) is 0 Å². The number of benzene rings is 1. The topological polar surface area (TPSA) is 15.7 Å². The second-order valence-corrected chi connectivity index (χ2v) is 5.72. The van der Waals surface area contributed by atoms with Gasteiger partial charge in [-0.25, -0.2) is 0 Å². The van der Waals surface area contributed by atoms with Gasteiger partial charge in [-0.1, -0.05) is 37.1 Å². The van der Waals surface area contributed by atoms with Crippen LogP contribution in [0, 0.1) is 0 Å². The van der Waals surface area contributed by atoms with Crippen LogP contribution in [0.25, 0.3) is 0 Å². The highest BCUT2D eigenvalue weighted by Gasteiger charge is 2.15. The van der Waals surface area contributed by atoms with E-state index in [0.717, 1.165) is 25.4 Å². The molecule has 0 N–H and O–H groups in total. The van der Waals surface area contributed by atoms with Crippen molar-refractivity contribution in [1.82, 2.24) is 9.80 Å². The number of unbranched alkanes of at least 4 members (excludes halogenated alkanes) is 1. The van der Waals surface area contributed by atoms with E-state index in [-0.39, 0.29) is 0 Å². The van der Waals surface area contributed by atoms with Crippen LogP contribution >= 0.6 is 11.6 Å². The number of para-hydroxylation sites is 1. The molecule has 1 aromatic rings. The summed E-state index contributed by atoms with van der Waals surface area (Å²) in [6.07, 6.45) is 2.60. The predicted octanol–water partition coefficient (Wildman–Crippen LogP) is 3.14. The molecule has 0 aromatic heterocycles. The van der Waals surface area contributed by atoms with E-state index in [1.165, 1.54) is 32.5 Å². The van der Waals surface area contributed by atoms with Crippen LogP contribution in [0.2, 0.25) is 5.02 Å². The van der Waals surface area contributed by atoms with E-state index in [4.69, 9.17) is 16.3 Å². The van der Waals surface area contributed by atoms with Gasteiger partial charge in [-0.2, -0.15) is 0 Å². The summed E-state index contributed by atoms with van der Waals surface area (Å²) in [5.41, 5.74) is 0. The molecule has 0 saturated carbocycles. The Balaban J connectivity index is 1.63. The summed E-state index contributed by atoms with van der Waals surface area (Å²) in [6, 6.07) is 7.66. The standard InChI is InChI=1S/C16H25ClN2O/c1-2-3-8-18-9-11-19(12-10-18)13-14-20-16-7-5-4-6-15(16)17/h4-7H,2-3,8-14H2,1H3. The number of hydrogen-bond acceptors (Lipinski definition) is 3. The summed E-state index contributed by atoms with van der Waals surface area (Å²) in [5.74, 6) is 0.788. The van der Waals surface area contributed by atoms with Crippen LogP contribution < -0.4 is 4.74 Å². The Bertz CT molecular complexity index is 392. The van der Waals surface area contributed by atoms with E-state index in [1.807, 2.05) is 24.3 Å². The third kappa shape index (κ3) is 4.97. The molecule has 1 aliphatic heterocycles. The highest BCUT2D eigenvalue weighted by atomic mass is 35.5. The van der Waals surface area contributed by atoms with Crippen LogP contribution in [0.1, 0.15) is 19.8 Å². The fraction of sp³-hybridized carbons (Fsp3) is 0.625. The maximum atomic E-state index is 6.07. The highest BCUT2D eigenvalue weighted by molar-refractivity contribution is 6.32. The van der Waals surface area contributed by atoms with Gasteiger partial charge in [0.15, 0.2) is 0 Å². The first-order chi connectivity index (χ1) is 9.79. The third-order valence-electron chi connectivity index (χ3n) is 3.79. The van der Waals surface area contributed by atoms with Crippen molar-refractivity contribution in [3.8, 4) is 5.75 Å². The van der Waals surface area contributed by atoms with Crippen molar-refractivity contribution in [2.45, 2.75) is 19.8 Å². The van der Waals surface area contributed by atoms with Crippen molar-refractivity contribution in [3.05, 3.63) is 29.3 Å². The van der Waals surface area contributed by atoms with Crippen molar-refractivity contribution in [1.29, 1.82) is 0 Å². The summed E-state index contributed by atoms with van der Waals surface area (Å²) in [6.45, 7) is 9.86. The molecular formula is C16H25ClN2O. The fourth-order valence-corrected chi connectivity index (χ4v) is 2.66. The predicted molar refractivity (Wildman–Crippen MR) is 84.7 cm³/mol. The average Bonchev–Trinajstić information content (AvgIpc) is 2.48. The summed E-state index contributed by atoms with van der Waals surface area (Å²) >= 11 is 6.07. The van der Waals surface area contributed by atoms with Gasteiger partial charge in [-0.3, -0.25) is 4.90 Å². The lowest BCUT2D eigenvalue weighted by atomic mass is 10.2. The van der Waals surface area contributed by atoms with Crippen LogP contribution in [0.4, 0.5) is 0 Å². The van der Waals surface area contributed by atoms with Crippen molar-refractivity contribution >= 4 is 11.6 Å². The SMILES string of the molecule is CCCCN1CCN(CCOc2ccccc2Cl)CC1. The minimum absolute atomic E-state index is 0.692. The lowest BCUT2D eigenvalue weighted by molar-refractivity contribution is 0.116. The van der Waals surface area contributed by atoms with Crippen LogP contribution in [0.5, 0.6) is 5.75 Å². The van der Waals surface area contributed by atoms with E-state index >= 15 is 0 Å². The first-order valence-corrected chi connectivity index (χ1v) is 7.99. The van der Waals surface area contributed by atoms with Gasteiger partial charge < -0.3 is 9.64 Å². The monoisotopic (exact) mass is 296 g/mol. The first-order valence-electron chi connectivity index (χ1n) is 7.61. The van der Waals surface area contributed by atoms with Crippen LogP contribution in [-0.2, 0) is 0 Å². The zero-order valence-electron chi connectivity index (χ0n) is 12.4. The zero-order chi connectivity index (χ0) is 14.2. The van der Waals surface area contributed by atoms with E-state index in [2.05, 4.69) is 16.7 Å². The second kappa shape index (κ2) is 8.50. The molecule has 0 aliphatic carbocycles. The smallest absolute Gasteiger partial charge is 0.137 e. The van der Waals surface area contributed by atoms with Gasteiger partial charge in [-0.15, -0.1) is 0 Å². The van der Waals surface area contributed by atoms with Gasteiger partial charge >= 0.3 is 0 Å². The molecule has 1 heterocycles. The molecule has 1 fully saturated rings. The Morgan fingerprint density at radius 2 is 1.70 bits per heavy atom. The number of hydrogen-bond donors (Lipinski definition) is 0. The Morgan fingerprint density at radius 1 is 1.05 bits per heavy atom. The molecule has 112 valence electrons. The van der Waals surface area contributed by atoms with Crippen LogP contribution in [0.15, 0.2) is 24.3 Å². The maximum Gasteiger partial charge on any atom is 0.137 e. The molecule has 1 aromatic carbocycles. The quantitative estimate of drug-likeness (QED) is 0.769. The minimum Gasteiger partial charge on any atom is -0.491 e. The summed E-state index contributed by atoms with van der Waals surface area (Å²) in [7, 11) is 0. The Labute approximate surface area is 127 Å². The Kier molecular flexibility index (Phi) is 6.64. The van der Waals surface area contributed by atoms with Crippen LogP contribution in [-0.4, -0.2) is 55.7 Å². The molecule has 1 aliphatic rings. The lowest BCUT2D eigenvalue weighted by Crippen LogP contribution is -2.47. The van der Waals surface area contributed by atoms with Gasteiger partial charge in [0.1, 0.15) is 12.4 Å². The van der Waals surface area contributed by atoms with E-state index in [1.54, 1.807) is 0 Å². The number of piperazine rings is 1. The molecule has 3 nitrogen and oxygen atoms in total. The molecule has 0 spiro atoms. The molecule has 0 unspecified atom stereocenters. The molecule has 0 amide bonds. The second-order valence-electron chi connectivity index (χ2n) is 5.32. The van der Waals surface area contributed by atoms with Crippen molar-refractivity contribution in [2.75, 3.05) is 45.9 Å². The van der Waals surface area contributed by atoms with Crippen molar-refractivity contribution < 1.29 is 4.74 Å². The van der Waals surface area contributed by atoms with E-state index < -0.39 is 0 Å². The number of halogens is 1. The lowest BCUT2D eigenvalue weighted by Gasteiger charge is -2.34. The number of ether oxygens (including phenoxy) is 1. The average molecular weight is 297 g/mol. The van der Waals surface area contributed by atoms with Gasteiger partial charge in [0.05, 0.1) is 5.02 Å². The Morgan fingerprint density at radius 3 is 2.35 bits per heavy atom. The van der Waals surface area contributed by atoms with Crippen molar-refractivity contribution in [2.24, 2.45) is 0 Å². The highest BCUT2D eigenvalue weighted by Crippen LogP contribution is 2.22. The molecule has 0 atom stereocenters. The van der Waals surface area contributed by atoms with Gasteiger partial charge in [-0.05, 0) is 25.1 Å². The summed E-state index contributed by atoms with van der Waals surface area (Å²) in [5, 5.41) is 0.692. The molecule has 0 radical (unpaired) electrons. The Hall–Kier alpha value is -0.770. The maximum absolute atomic E-state index is 6.07. The van der Waals surface area contributed by atoms with Gasteiger partial charge in [0.25, 0.3) is 0 Å². The summed E-state index contributed by atoms with van der Waals surface area (Å²) in [4.78, 5) is 5.04. The fourth-order valence-electron chi connectivity index (χ4n) is 2.46. The van der Waals surface area contributed by atoms with Gasteiger partial charge in [0, 0.05) is 32.7 Å². The first kappa shape index (κ1) is 15.6. The minimum atomic E-state index is 0.692. The largest absolute Gasteiger partial charge is 0.491 e. The number of rotatable bonds is 7. The summed E-state index contributed by atoms with van der Waals surface area (Å²) < 4.78 is 5.74. The normalized spacial score (nSPS) is 17.3. The van der Waals surface area contributed by atoms with Crippen LogP contribution in [0.3, 0.4) is 0 Å². The van der Waals surface area contributed by atoms with Gasteiger partial charge in [0.2, 0.25) is 0 Å². The molecule has 20 heavy (non-hydrogen) atoms. The molecule has 1 saturated heterocycles. The van der Waals surface area contributed by atoms with E-state index in [9.17, 15) is 0 Å². The third-order valence-corrected chi connectivity index (χ3v) is 4.11. The molecule has 4 heteroatoms. The van der Waals surface area contributed by atoms with E-state index in [0.29, 0.717) is 11.6 Å². The molecular weight excluding hydrogens is 272 g/mol. The molecule has 0 bridgehead atoms. The number of nitrogens with zero attached hydrogens (tertiary/aromatic N) is 2. The zero-order valence-corrected chi connectivity index (χ0v) is 13.1. The molecule has 2 rings (SSSR count).